The van der Waals surface area contributed by atoms with E-state index in [4.69, 9.17) is 28.0 Å². The van der Waals surface area contributed by atoms with Crippen molar-refractivity contribution in [2.45, 2.75) is 44.3 Å². The average molecular weight is 408 g/mol. The predicted octanol–water partition coefficient (Wildman–Crippen LogP) is 3.22. The predicted molar refractivity (Wildman–Crippen MR) is 82.8 cm³/mol. The monoisotopic (exact) mass is 407 g/mol. The van der Waals surface area contributed by atoms with Crippen molar-refractivity contribution in [3.05, 3.63) is 16.4 Å². The van der Waals surface area contributed by atoms with Crippen molar-refractivity contribution in [3.8, 4) is 0 Å². The molecule has 12 heteroatoms. The van der Waals surface area contributed by atoms with E-state index >= 15 is 0 Å². The van der Waals surface area contributed by atoms with Crippen molar-refractivity contribution in [1.82, 2.24) is 9.78 Å². The highest BCUT2D eigenvalue weighted by molar-refractivity contribution is 8.05. The molecule has 1 aromatic heterocycles. The van der Waals surface area contributed by atoms with E-state index in [2.05, 4.69) is 10.3 Å². The zero-order chi connectivity index (χ0) is 18.3. The average Bonchev–Trinajstić information content (AvgIpc) is 3.01. The van der Waals surface area contributed by atoms with E-state index in [1.807, 2.05) is 0 Å². The summed E-state index contributed by atoms with van der Waals surface area (Å²) in [6.07, 6.45) is -4.92. The molecule has 1 unspecified atom stereocenters. The van der Waals surface area contributed by atoms with Crippen molar-refractivity contribution in [2.24, 2.45) is 5.16 Å². The van der Waals surface area contributed by atoms with Crippen molar-refractivity contribution in [1.29, 1.82) is 0 Å². The van der Waals surface area contributed by atoms with Crippen molar-refractivity contribution < 1.29 is 26.4 Å². The molecule has 0 amide bonds. The maximum atomic E-state index is 13.3. The summed E-state index contributed by atoms with van der Waals surface area (Å²) >= 11 is 11.4. The van der Waals surface area contributed by atoms with E-state index in [-0.39, 0.29) is 23.9 Å². The van der Waals surface area contributed by atoms with Crippen LogP contribution in [0.3, 0.4) is 0 Å². The number of aromatic nitrogens is 2. The molecule has 136 valence electrons. The molecular weight excluding hydrogens is 394 g/mol. The summed E-state index contributed by atoms with van der Waals surface area (Å²) in [5.74, 6) is -0.987. The smallest absolute Gasteiger partial charge is 0.387 e. The lowest BCUT2D eigenvalue weighted by atomic mass is 10.1. The Morgan fingerprint density at radius 1 is 1.42 bits per heavy atom. The third-order valence-electron chi connectivity index (χ3n) is 3.44. The number of sulfone groups is 1. The van der Waals surface area contributed by atoms with Crippen LogP contribution in [0.5, 0.6) is 0 Å². The molecular formula is C12H14Cl2F3N3O3S. The molecule has 2 rings (SSSR count). The second-order valence-corrected chi connectivity index (χ2v) is 8.14. The lowest BCUT2D eigenvalue weighted by Gasteiger charge is -2.16. The fourth-order valence-electron chi connectivity index (χ4n) is 2.20. The van der Waals surface area contributed by atoms with Gasteiger partial charge in [0.2, 0.25) is 0 Å². The number of oxime groups is 1. The Balaban J connectivity index is 2.40. The minimum atomic E-state index is -4.79. The van der Waals surface area contributed by atoms with E-state index < -0.39 is 43.8 Å². The number of hydrogen-bond acceptors (Lipinski definition) is 5. The Hall–Kier alpha value is -1.00. The third-order valence-corrected chi connectivity index (χ3v) is 5.91. The molecule has 1 atom stereocenters. The molecule has 0 fully saturated rings. The van der Waals surface area contributed by atoms with E-state index in [1.54, 1.807) is 6.92 Å². The van der Waals surface area contributed by atoms with Gasteiger partial charge in [0.1, 0.15) is 5.69 Å². The minimum Gasteiger partial charge on any atom is -0.387 e. The van der Waals surface area contributed by atoms with Gasteiger partial charge in [-0.2, -0.15) is 18.3 Å². The molecule has 1 aromatic rings. The first-order chi connectivity index (χ1) is 10.9. The van der Waals surface area contributed by atoms with Gasteiger partial charge >= 0.3 is 6.18 Å². The Kier molecular flexibility index (Phi) is 5.14. The molecule has 0 bridgehead atoms. The van der Waals surface area contributed by atoms with Crippen LogP contribution in [-0.2, 0) is 33.1 Å². The van der Waals surface area contributed by atoms with E-state index in [9.17, 15) is 21.6 Å². The van der Waals surface area contributed by atoms with Gasteiger partial charge in [0.15, 0.2) is 25.6 Å². The van der Waals surface area contributed by atoms with Gasteiger partial charge in [0.05, 0.1) is 11.6 Å². The number of alkyl halides is 4. The summed E-state index contributed by atoms with van der Waals surface area (Å²) in [6.45, 7) is 2.88. The topological polar surface area (TPSA) is 73.5 Å². The van der Waals surface area contributed by atoms with Crippen LogP contribution < -0.4 is 0 Å². The highest BCUT2D eigenvalue weighted by atomic mass is 35.5. The largest absolute Gasteiger partial charge is 0.433 e. The van der Waals surface area contributed by atoms with E-state index in [0.717, 1.165) is 0 Å². The maximum absolute atomic E-state index is 13.3. The van der Waals surface area contributed by atoms with Crippen LogP contribution in [-0.4, -0.2) is 34.7 Å². The first-order valence-electron chi connectivity index (χ1n) is 6.79. The standard InChI is InChI=1S/C12H14Cl2F3N3O3S/c1-3-20-9(12(15,16)17)7(10(14)18-20)5-24(21,22)8-4-11(2,6-13)23-19-8/h3-6H2,1-2H3. The van der Waals surface area contributed by atoms with E-state index in [1.165, 1.54) is 6.92 Å². The first-order valence-corrected chi connectivity index (χ1v) is 9.36. The second-order valence-electron chi connectivity index (χ2n) is 5.53. The lowest BCUT2D eigenvalue weighted by molar-refractivity contribution is -0.144. The fraction of sp³-hybridized carbons (Fsp3) is 0.667. The van der Waals surface area contributed by atoms with Crippen LogP contribution in [0, 0.1) is 0 Å². The first kappa shape index (κ1) is 19.3. The van der Waals surface area contributed by atoms with Gasteiger partial charge in [0.25, 0.3) is 0 Å². The zero-order valence-corrected chi connectivity index (χ0v) is 15.0. The summed E-state index contributed by atoms with van der Waals surface area (Å²) in [7, 11) is -4.17. The molecule has 1 aliphatic heterocycles. The number of halogens is 5. The minimum absolute atomic E-state index is 0.0160. The van der Waals surface area contributed by atoms with Crippen molar-refractivity contribution >= 4 is 38.1 Å². The summed E-state index contributed by atoms with van der Waals surface area (Å²) in [5.41, 5.74) is -2.79. The Labute approximate surface area is 146 Å². The molecule has 24 heavy (non-hydrogen) atoms. The van der Waals surface area contributed by atoms with Gasteiger partial charge in [-0.25, -0.2) is 8.42 Å². The highest BCUT2D eigenvalue weighted by Crippen LogP contribution is 2.37. The van der Waals surface area contributed by atoms with Crippen LogP contribution in [0.25, 0.3) is 0 Å². The van der Waals surface area contributed by atoms with Crippen LogP contribution in [0.2, 0.25) is 5.15 Å². The second kappa shape index (κ2) is 6.38. The molecule has 0 spiro atoms. The molecule has 0 N–H and O–H groups in total. The van der Waals surface area contributed by atoms with Gasteiger partial charge in [-0.05, 0) is 13.8 Å². The van der Waals surface area contributed by atoms with Crippen LogP contribution >= 0.6 is 23.2 Å². The van der Waals surface area contributed by atoms with Gasteiger partial charge in [-0.3, -0.25) is 4.68 Å². The Bertz CT molecular complexity index is 776. The number of rotatable bonds is 4. The van der Waals surface area contributed by atoms with Crippen LogP contribution in [0.1, 0.15) is 31.5 Å². The molecule has 0 saturated carbocycles. The Morgan fingerprint density at radius 2 is 2.04 bits per heavy atom. The summed E-state index contributed by atoms with van der Waals surface area (Å²) < 4.78 is 65.2. The summed E-state index contributed by atoms with van der Waals surface area (Å²) in [5, 5.41) is 6.16. The summed E-state index contributed by atoms with van der Waals surface area (Å²) in [6, 6.07) is 0. The molecule has 0 radical (unpaired) electrons. The van der Waals surface area contributed by atoms with Gasteiger partial charge in [0, 0.05) is 18.5 Å². The fourth-order valence-corrected chi connectivity index (χ4v) is 4.17. The molecule has 6 nitrogen and oxygen atoms in total. The van der Waals surface area contributed by atoms with Crippen molar-refractivity contribution in [3.63, 3.8) is 0 Å². The molecule has 0 aromatic carbocycles. The van der Waals surface area contributed by atoms with Crippen LogP contribution in [0.15, 0.2) is 5.16 Å². The maximum Gasteiger partial charge on any atom is 0.433 e. The van der Waals surface area contributed by atoms with Gasteiger partial charge in [-0.15, -0.1) is 11.6 Å². The lowest BCUT2D eigenvalue weighted by Crippen LogP contribution is -2.29. The number of hydrogen-bond donors (Lipinski definition) is 0. The van der Waals surface area contributed by atoms with Crippen molar-refractivity contribution in [2.75, 3.05) is 5.88 Å². The number of aryl methyl sites for hydroxylation is 1. The quantitative estimate of drug-likeness (QED) is 0.718. The van der Waals surface area contributed by atoms with Gasteiger partial charge in [-0.1, -0.05) is 16.8 Å². The van der Waals surface area contributed by atoms with E-state index in [0.29, 0.717) is 4.68 Å². The third kappa shape index (κ3) is 3.65. The zero-order valence-electron chi connectivity index (χ0n) is 12.7. The summed E-state index contributed by atoms with van der Waals surface area (Å²) in [4.78, 5) is 4.98. The molecule has 0 saturated heterocycles. The van der Waals surface area contributed by atoms with Gasteiger partial charge < -0.3 is 4.84 Å². The van der Waals surface area contributed by atoms with Crippen LogP contribution in [0.4, 0.5) is 13.2 Å². The number of nitrogens with zero attached hydrogens (tertiary/aromatic N) is 3. The molecule has 0 aliphatic carbocycles. The highest BCUT2D eigenvalue weighted by Gasteiger charge is 2.43. The molecule has 1 aliphatic rings. The SMILES string of the molecule is CCn1nc(Cl)c(CS(=O)(=O)C2=NOC(C)(CCl)C2)c1C(F)(F)F. The Morgan fingerprint density at radius 3 is 2.50 bits per heavy atom. The molecule has 2 heterocycles. The normalized spacial score (nSPS) is 21.7.